The van der Waals surface area contributed by atoms with Crippen LogP contribution in [0.4, 0.5) is 0 Å². The predicted molar refractivity (Wildman–Crippen MR) is 77.6 cm³/mol. The molecule has 1 aliphatic rings. The van der Waals surface area contributed by atoms with Gasteiger partial charge in [-0.15, -0.1) is 10.2 Å². The second kappa shape index (κ2) is 7.64. The molecule has 1 aromatic rings. The summed E-state index contributed by atoms with van der Waals surface area (Å²) in [6.45, 7) is 0.971. The van der Waals surface area contributed by atoms with E-state index in [-0.39, 0.29) is 12.5 Å². The first-order chi connectivity index (χ1) is 9.72. The van der Waals surface area contributed by atoms with Crippen LogP contribution in [0.3, 0.4) is 0 Å². The maximum Gasteiger partial charge on any atom is 0.232 e. The van der Waals surface area contributed by atoms with Crippen molar-refractivity contribution in [3.05, 3.63) is 6.33 Å². The normalized spacial score (nSPS) is 14.5. The maximum atomic E-state index is 12.0. The molecule has 0 unspecified atom stereocenters. The number of nitrogens with zero attached hydrogens (tertiary/aromatic N) is 4. The fourth-order valence-electron chi connectivity index (χ4n) is 1.94. The maximum absolute atomic E-state index is 12.0. The molecule has 6 nitrogen and oxygen atoms in total. The molecule has 0 atom stereocenters. The molecule has 1 saturated carbocycles. The Bertz CT molecular complexity index is 434. The Morgan fingerprint density at radius 3 is 3.00 bits per heavy atom. The third-order valence-corrected chi connectivity index (χ3v) is 4.32. The van der Waals surface area contributed by atoms with Crippen molar-refractivity contribution in [1.82, 2.24) is 19.7 Å². The first-order valence-electron chi connectivity index (χ1n) is 7.09. The van der Waals surface area contributed by atoms with E-state index in [0.29, 0.717) is 11.8 Å². The lowest BCUT2D eigenvalue weighted by molar-refractivity contribution is -0.127. The van der Waals surface area contributed by atoms with Crippen molar-refractivity contribution in [2.24, 2.45) is 0 Å². The zero-order valence-corrected chi connectivity index (χ0v) is 12.7. The van der Waals surface area contributed by atoms with Gasteiger partial charge in [0.2, 0.25) is 5.91 Å². The molecular formula is C13H22N4O2S. The molecule has 0 radical (unpaired) electrons. The molecule has 1 heterocycles. The van der Waals surface area contributed by atoms with Crippen LogP contribution in [0.5, 0.6) is 0 Å². The summed E-state index contributed by atoms with van der Waals surface area (Å²) < 4.78 is 2.07. The van der Waals surface area contributed by atoms with Gasteiger partial charge < -0.3 is 14.6 Å². The molecule has 7 heteroatoms. The molecule has 1 fully saturated rings. The minimum atomic E-state index is 0.115. The smallest absolute Gasteiger partial charge is 0.232 e. The third-order valence-electron chi connectivity index (χ3n) is 3.38. The van der Waals surface area contributed by atoms with Crippen molar-refractivity contribution in [3.63, 3.8) is 0 Å². The molecule has 0 aliphatic heterocycles. The number of aliphatic hydroxyl groups excluding tert-OH is 1. The van der Waals surface area contributed by atoms with Gasteiger partial charge in [-0.1, -0.05) is 11.8 Å². The van der Waals surface area contributed by atoms with Gasteiger partial charge in [0.1, 0.15) is 6.33 Å². The first kappa shape index (κ1) is 15.3. The van der Waals surface area contributed by atoms with E-state index in [1.54, 1.807) is 11.2 Å². The van der Waals surface area contributed by atoms with Gasteiger partial charge in [0.25, 0.3) is 0 Å². The summed E-state index contributed by atoms with van der Waals surface area (Å²) in [6.07, 6.45) is 6.82. The molecule has 1 N–H and O–H groups in total. The largest absolute Gasteiger partial charge is 0.396 e. The number of amides is 1. The van der Waals surface area contributed by atoms with Crippen molar-refractivity contribution < 1.29 is 9.90 Å². The van der Waals surface area contributed by atoms with Crippen molar-refractivity contribution in [3.8, 4) is 0 Å². The number of hydrogen-bond acceptors (Lipinski definition) is 5. The van der Waals surface area contributed by atoms with E-state index in [4.69, 9.17) is 5.11 Å². The Morgan fingerprint density at radius 1 is 1.50 bits per heavy atom. The third kappa shape index (κ3) is 4.49. The summed E-state index contributed by atoms with van der Waals surface area (Å²) >= 11 is 1.46. The molecule has 20 heavy (non-hydrogen) atoms. The van der Waals surface area contributed by atoms with Crippen LogP contribution in [0.25, 0.3) is 0 Å². The van der Waals surface area contributed by atoms with Crippen LogP contribution in [0.15, 0.2) is 11.5 Å². The van der Waals surface area contributed by atoms with E-state index >= 15 is 0 Å². The molecule has 1 aromatic heterocycles. The highest BCUT2D eigenvalue weighted by molar-refractivity contribution is 7.99. The van der Waals surface area contributed by atoms with E-state index < -0.39 is 0 Å². The van der Waals surface area contributed by atoms with Crippen molar-refractivity contribution in [2.75, 3.05) is 26.0 Å². The van der Waals surface area contributed by atoms with Crippen molar-refractivity contribution in [1.29, 1.82) is 0 Å². The Morgan fingerprint density at radius 2 is 2.30 bits per heavy atom. The lowest BCUT2D eigenvalue weighted by Crippen LogP contribution is -2.29. The zero-order chi connectivity index (χ0) is 14.4. The molecule has 2 rings (SSSR count). The van der Waals surface area contributed by atoms with Crippen molar-refractivity contribution >= 4 is 17.7 Å². The van der Waals surface area contributed by atoms with Gasteiger partial charge in [-0.25, -0.2) is 0 Å². The molecule has 0 spiro atoms. The summed E-state index contributed by atoms with van der Waals surface area (Å²) in [5.74, 6) is 0.520. The molecule has 112 valence electrons. The summed E-state index contributed by atoms with van der Waals surface area (Å²) in [4.78, 5) is 13.7. The topological polar surface area (TPSA) is 71.2 Å². The fraction of sp³-hybridized carbons (Fsp3) is 0.769. The van der Waals surface area contributed by atoms with Gasteiger partial charge in [0.05, 0.1) is 5.75 Å². The van der Waals surface area contributed by atoms with Crippen LogP contribution in [0, 0.1) is 0 Å². The molecule has 0 bridgehead atoms. The quantitative estimate of drug-likeness (QED) is 0.550. The lowest BCUT2D eigenvalue weighted by Gasteiger charge is -2.16. The molecule has 0 aromatic carbocycles. The Kier molecular flexibility index (Phi) is 5.85. The van der Waals surface area contributed by atoms with E-state index in [1.807, 2.05) is 7.05 Å². The number of carbonyl (C=O) groups excluding carboxylic acids is 1. The number of aliphatic hydroxyl groups is 1. The average molecular weight is 298 g/mol. The van der Waals surface area contributed by atoms with Gasteiger partial charge >= 0.3 is 0 Å². The van der Waals surface area contributed by atoms with Gasteiger partial charge in [-0.05, 0) is 32.1 Å². The minimum Gasteiger partial charge on any atom is -0.396 e. The number of unbranched alkanes of at least 4 members (excludes halogenated alkanes) is 2. The number of thioether (sulfide) groups is 1. The summed E-state index contributed by atoms with van der Waals surface area (Å²) in [6, 6.07) is 0.541. The number of aromatic nitrogens is 3. The highest BCUT2D eigenvalue weighted by atomic mass is 32.2. The van der Waals surface area contributed by atoms with Crippen LogP contribution in [-0.4, -0.2) is 56.6 Å². The van der Waals surface area contributed by atoms with Crippen LogP contribution in [0.1, 0.15) is 38.1 Å². The van der Waals surface area contributed by atoms with Crippen molar-refractivity contribution in [2.45, 2.75) is 43.3 Å². The van der Waals surface area contributed by atoms with Gasteiger partial charge in [0.15, 0.2) is 5.16 Å². The van der Waals surface area contributed by atoms with Gasteiger partial charge in [0, 0.05) is 26.2 Å². The molecule has 0 saturated heterocycles. The summed E-state index contributed by atoms with van der Waals surface area (Å²) in [5, 5.41) is 17.5. The van der Waals surface area contributed by atoms with Crippen LogP contribution >= 0.6 is 11.8 Å². The predicted octanol–water partition coefficient (Wildman–Crippen LogP) is 1.33. The average Bonchev–Trinajstić information content (AvgIpc) is 3.19. The standard InChI is InChI=1S/C13H22N4O2S/c1-16(7-3-2-4-8-18)12(19)9-20-13-15-14-10-17(13)11-5-6-11/h10-11,18H,2-9H2,1H3. The van der Waals surface area contributed by atoms with Gasteiger partial charge in [-0.2, -0.15) is 0 Å². The minimum absolute atomic E-state index is 0.115. The number of carbonyl (C=O) groups is 1. The second-order valence-corrected chi connectivity index (χ2v) is 6.08. The summed E-state index contributed by atoms with van der Waals surface area (Å²) in [5.41, 5.74) is 0. The number of hydrogen-bond donors (Lipinski definition) is 1. The van der Waals surface area contributed by atoms with E-state index in [2.05, 4.69) is 14.8 Å². The molecular weight excluding hydrogens is 276 g/mol. The SMILES string of the molecule is CN(CCCCCO)C(=O)CSc1nncn1C1CC1. The zero-order valence-electron chi connectivity index (χ0n) is 11.9. The Labute approximate surface area is 123 Å². The lowest BCUT2D eigenvalue weighted by atomic mass is 10.2. The van der Waals surface area contributed by atoms with Crippen LogP contribution in [0.2, 0.25) is 0 Å². The Balaban J connectivity index is 1.69. The fourth-order valence-corrected chi connectivity index (χ4v) is 2.86. The molecule has 1 aliphatic carbocycles. The second-order valence-electron chi connectivity index (χ2n) is 5.14. The summed E-state index contributed by atoms with van der Waals surface area (Å²) in [7, 11) is 1.83. The van der Waals surface area contributed by atoms with E-state index in [1.165, 1.54) is 24.6 Å². The highest BCUT2D eigenvalue weighted by Gasteiger charge is 2.26. The van der Waals surface area contributed by atoms with Crippen LogP contribution in [-0.2, 0) is 4.79 Å². The van der Waals surface area contributed by atoms with E-state index in [9.17, 15) is 4.79 Å². The van der Waals surface area contributed by atoms with Crippen LogP contribution < -0.4 is 0 Å². The van der Waals surface area contributed by atoms with E-state index in [0.717, 1.165) is 31.0 Å². The Hall–Kier alpha value is -1.08. The first-order valence-corrected chi connectivity index (χ1v) is 8.08. The number of rotatable bonds is 9. The molecule has 1 amide bonds. The highest BCUT2D eigenvalue weighted by Crippen LogP contribution is 2.37. The monoisotopic (exact) mass is 298 g/mol. The van der Waals surface area contributed by atoms with Gasteiger partial charge in [-0.3, -0.25) is 4.79 Å².